The first kappa shape index (κ1) is 15.1. The van der Waals surface area contributed by atoms with Crippen molar-refractivity contribution in [2.45, 2.75) is 11.8 Å². The van der Waals surface area contributed by atoms with Crippen LogP contribution in [0.5, 0.6) is 0 Å². The summed E-state index contributed by atoms with van der Waals surface area (Å²) < 4.78 is 41.3. The molecule has 0 saturated carbocycles. The van der Waals surface area contributed by atoms with Crippen molar-refractivity contribution < 1.29 is 12.8 Å². The Bertz CT molecular complexity index is 1050. The van der Waals surface area contributed by atoms with E-state index in [1.165, 1.54) is 36.4 Å². The lowest BCUT2D eigenvalue weighted by molar-refractivity contribution is 0.601. The topological polar surface area (TPSA) is 85.8 Å². The van der Waals surface area contributed by atoms with Crippen LogP contribution in [0.1, 0.15) is 11.1 Å². The highest BCUT2D eigenvalue weighted by Gasteiger charge is 2.18. The first-order chi connectivity index (χ1) is 10.9. The smallest absolute Gasteiger partial charge is 0.262 e. The van der Waals surface area contributed by atoms with Crippen LogP contribution in [0, 0.1) is 24.1 Å². The highest BCUT2D eigenvalue weighted by molar-refractivity contribution is 7.92. The molecule has 2 N–H and O–H groups in total. The fourth-order valence-electron chi connectivity index (χ4n) is 2.39. The van der Waals surface area contributed by atoms with Crippen LogP contribution in [0.2, 0.25) is 0 Å². The molecule has 0 radical (unpaired) electrons. The number of hydrogen-bond acceptors (Lipinski definition) is 3. The van der Waals surface area contributed by atoms with Gasteiger partial charge in [-0.2, -0.15) is 5.26 Å². The molecule has 3 rings (SSSR count). The van der Waals surface area contributed by atoms with Gasteiger partial charge in [0.2, 0.25) is 0 Å². The number of aryl methyl sites for hydroxylation is 1. The van der Waals surface area contributed by atoms with Gasteiger partial charge in [-0.1, -0.05) is 6.07 Å². The Hall–Kier alpha value is -2.85. The number of H-pyrrole nitrogens is 1. The normalized spacial score (nSPS) is 11.3. The molecule has 3 aromatic rings. The van der Waals surface area contributed by atoms with Crippen molar-refractivity contribution in [1.82, 2.24) is 4.98 Å². The lowest BCUT2D eigenvalue weighted by Gasteiger charge is -2.10. The Balaban J connectivity index is 2.08. The Kier molecular flexibility index (Phi) is 3.54. The van der Waals surface area contributed by atoms with E-state index in [9.17, 15) is 12.8 Å². The summed E-state index contributed by atoms with van der Waals surface area (Å²) in [5.41, 5.74) is 1.55. The summed E-state index contributed by atoms with van der Waals surface area (Å²) in [6.07, 6.45) is 1.61. The Morgan fingerprint density at radius 3 is 2.78 bits per heavy atom. The minimum Gasteiger partial charge on any atom is -0.359 e. The van der Waals surface area contributed by atoms with Gasteiger partial charge in [0.05, 0.1) is 27.7 Å². The molecule has 0 aliphatic heterocycles. The van der Waals surface area contributed by atoms with Crippen LogP contribution in [0.15, 0.2) is 47.5 Å². The zero-order valence-electron chi connectivity index (χ0n) is 12.1. The molecular weight excluding hydrogens is 317 g/mol. The summed E-state index contributed by atoms with van der Waals surface area (Å²) in [5.74, 6) is -0.423. The number of aromatic amines is 1. The molecule has 0 aliphatic carbocycles. The first-order valence-electron chi connectivity index (χ1n) is 6.71. The number of nitrogens with zero attached hydrogens (tertiary/aromatic N) is 1. The Labute approximate surface area is 132 Å². The van der Waals surface area contributed by atoms with Crippen molar-refractivity contribution in [2.75, 3.05) is 4.72 Å². The molecule has 0 aliphatic rings. The molecule has 0 amide bonds. The molecular formula is C16H12FN3O2S. The number of aromatic nitrogens is 1. The molecule has 0 spiro atoms. The molecule has 5 nitrogen and oxygen atoms in total. The maximum absolute atomic E-state index is 13.9. The average Bonchev–Trinajstić information content (AvgIpc) is 2.93. The van der Waals surface area contributed by atoms with Gasteiger partial charge >= 0.3 is 0 Å². The number of nitrogens with one attached hydrogen (secondary N) is 2. The van der Waals surface area contributed by atoms with Gasteiger partial charge in [0.25, 0.3) is 10.0 Å². The number of fused-ring (bicyclic) bond motifs is 1. The number of nitriles is 1. The molecule has 0 fully saturated rings. The molecule has 1 heterocycles. The SMILES string of the molecule is Cc1c[nH]c2c(NS(=O)(=O)c3cccc(C#N)c3)ccc(F)c12. The van der Waals surface area contributed by atoms with Gasteiger partial charge in [0.15, 0.2) is 0 Å². The monoisotopic (exact) mass is 329 g/mol. The van der Waals surface area contributed by atoms with Gasteiger partial charge < -0.3 is 4.98 Å². The number of anilines is 1. The van der Waals surface area contributed by atoms with Crippen LogP contribution in [-0.4, -0.2) is 13.4 Å². The number of rotatable bonds is 3. The molecule has 7 heteroatoms. The third kappa shape index (κ3) is 2.64. The standard InChI is InChI=1S/C16H12FN3O2S/c1-10-9-19-16-14(6-5-13(17)15(10)16)20-23(21,22)12-4-2-3-11(7-12)8-18/h2-7,9,19-20H,1H3. The van der Waals surface area contributed by atoms with E-state index in [2.05, 4.69) is 9.71 Å². The van der Waals surface area contributed by atoms with E-state index >= 15 is 0 Å². The summed E-state index contributed by atoms with van der Waals surface area (Å²) in [7, 11) is -3.88. The number of sulfonamides is 1. The zero-order valence-corrected chi connectivity index (χ0v) is 12.9. The van der Waals surface area contributed by atoms with Gasteiger partial charge in [-0.3, -0.25) is 4.72 Å². The summed E-state index contributed by atoms with van der Waals surface area (Å²) in [5, 5.41) is 9.22. The minimum atomic E-state index is -3.88. The predicted molar refractivity (Wildman–Crippen MR) is 85.0 cm³/mol. The number of hydrogen-bond donors (Lipinski definition) is 2. The van der Waals surface area contributed by atoms with Crippen LogP contribution in [0.4, 0.5) is 10.1 Å². The van der Waals surface area contributed by atoms with Crippen molar-refractivity contribution in [1.29, 1.82) is 5.26 Å². The van der Waals surface area contributed by atoms with Crippen molar-refractivity contribution in [3.8, 4) is 6.07 Å². The minimum absolute atomic E-state index is 0.0303. The van der Waals surface area contributed by atoms with Crippen molar-refractivity contribution in [3.05, 3.63) is 59.5 Å². The van der Waals surface area contributed by atoms with E-state index in [1.54, 1.807) is 13.1 Å². The molecule has 1 aromatic heterocycles. The molecule has 0 saturated heterocycles. The predicted octanol–water partition coefficient (Wildman–Crippen LogP) is 3.29. The average molecular weight is 329 g/mol. The van der Waals surface area contributed by atoms with Crippen molar-refractivity contribution in [2.24, 2.45) is 0 Å². The van der Waals surface area contributed by atoms with Gasteiger partial charge in [-0.05, 0) is 42.8 Å². The van der Waals surface area contributed by atoms with E-state index in [-0.39, 0.29) is 16.1 Å². The van der Waals surface area contributed by atoms with E-state index in [0.717, 1.165) is 0 Å². The second kappa shape index (κ2) is 5.41. The van der Waals surface area contributed by atoms with Crippen LogP contribution < -0.4 is 4.72 Å². The Morgan fingerprint density at radius 1 is 1.26 bits per heavy atom. The lowest BCUT2D eigenvalue weighted by Crippen LogP contribution is -2.13. The van der Waals surface area contributed by atoms with Gasteiger partial charge in [-0.25, -0.2) is 12.8 Å². The lowest BCUT2D eigenvalue weighted by atomic mass is 10.1. The summed E-state index contributed by atoms with van der Waals surface area (Å²) in [6.45, 7) is 1.73. The summed E-state index contributed by atoms with van der Waals surface area (Å²) in [4.78, 5) is 2.84. The summed E-state index contributed by atoms with van der Waals surface area (Å²) >= 11 is 0. The third-order valence-electron chi connectivity index (χ3n) is 3.50. The third-order valence-corrected chi connectivity index (χ3v) is 4.86. The van der Waals surface area contributed by atoms with Gasteiger partial charge in [-0.15, -0.1) is 0 Å². The molecule has 0 bridgehead atoms. The van der Waals surface area contributed by atoms with Crippen LogP contribution in [0.3, 0.4) is 0 Å². The second-order valence-corrected chi connectivity index (χ2v) is 6.74. The van der Waals surface area contributed by atoms with E-state index < -0.39 is 15.8 Å². The summed E-state index contributed by atoms with van der Waals surface area (Å²) in [6, 6.07) is 10.2. The highest BCUT2D eigenvalue weighted by Crippen LogP contribution is 2.29. The molecule has 0 atom stereocenters. The molecule has 116 valence electrons. The second-order valence-electron chi connectivity index (χ2n) is 5.06. The van der Waals surface area contributed by atoms with Gasteiger partial charge in [0.1, 0.15) is 5.82 Å². The number of halogens is 1. The number of benzene rings is 2. The molecule has 23 heavy (non-hydrogen) atoms. The van der Waals surface area contributed by atoms with Crippen LogP contribution in [-0.2, 0) is 10.0 Å². The fraction of sp³-hybridized carbons (Fsp3) is 0.0625. The largest absolute Gasteiger partial charge is 0.359 e. The maximum atomic E-state index is 13.9. The van der Waals surface area contributed by atoms with E-state index in [4.69, 9.17) is 5.26 Å². The van der Waals surface area contributed by atoms with Crippen molar-refractivity contribution >= 4 is 26.6 Å². The van der Waals surface area contributed by atoms with Crippen LogP contribution >= 0.6 is 0 Å². The van der Waals surface area contributed by atoms with Crippen molar-refractivity contribution in [3.63, 3.8) is 0 Å². The molecule has 2 aromatic carbocycles. The van der Waals surface area contributed by atoms with E-state index in [0.29, 0.717) is 16.5 Å². The Morgan fingerprint density at radius 2 is 2.04 bits per heavy atom. The first-order valence-corrected chi connectivity index (χ1v) is 8.20. The van der Waals surface area contributed by atoms with Crippen LogP contribution in [0.25, 0.3) is 10.9 Å². The fourth-order valence-corrected chi connectivity index (χ4v) is 3.50. The molecule has 0 unspecified atom stereocenters. The highest BCUT2D eigenvalue weighted by atomic mass is 32.2. The van der Waals surface area contributed by atoms with Gasteiger partial charge in [0, 0.05) is 11.6 Å². The zero-order chi connectivity index (χ0) is 16.6. The van der Waals surface area contributed by atoms with E-state index in [1.807, 2.05) is 6.07 Å². The maximum Gasteiger partial charge on any atom is 0.262 e. The quantitative estimate of drug-likeness (QED) is 0.773.